The molecule has 0 amide bonds. The van der Waals surface area contributed by atoms with Gasteiger partial charge in [0.25, 0.3) is 0 Å². The van der Waals surface area contributed by atoms with Crippen molar-refractivity contribution in [1.29, 1.82) is 5.26 Å². The van der Waals surface area contributed by atoms with Crippen LogP contribution in [-0.2, 0) is 23.4 Å². The molecule has 0 unspecified atom stereocenters. The fourth-order valence-corrected chi connectivity index (χ4v) is 4.47. The van der Waals surface area contributed by atoms with Gasteiger partial charge in [0, 0.05) is 10.5 Å². The van der Waals surface area contributed by atoms with Gasteiger partial charge in [-0.25, -0.2) is 0 Å². The average molecular weight is 446 g/mol. The summed E-state index contributed by atoms with van der Waals surface area (Å²) in [5.41, 5.74) is 3.36. The smallest absolute Gasteiger partial charge is 0.223 e. The molecule has 0 aliphatic carbocycles. The lowest BCUT2D eigenvalue weighted by Crippen LogP contribution is -2.63. The van der Waals surface area contributed by atoms with Crippen molar-refractivity contribution in [1.82, 2.24) is 0 Å². The van der Waals surface area contributed by atoms with Crippen molar-refractivity contribution in [2.75, 3.05) is 12.9 Å². The van der Waals surface area contributed by atoms with Gasteiger partial charge >= 0.3 is 0 Å². The van der Waals surface area contributed by atoms with E-state index in [-0.39, 0.29) is 5.56 Å². The standard InChI is InChI=1S/C23H27NO6S/c1-3-13-4-6-14(7-5-13)8-15-9-17(19(31-2)10-16(15)11-24)23(29)22(28)21(27)20(26)18(12-25)30-23/h4-7,9-10,18,20-22,25-29H,3,8,12H2,1-2H3/t18-,20-,21+,22-,23+/m1/s1. The molecule has 0 bridgehead atoms. The summed E-state index contributed by atoms with van der Waals surface area (Å²) >= 11 is 1.24. The minimum absolute atomic E-state index is 0.163. The number of rotatable bonds is 6. The summed E-state index contributed by atoms with van der Waals surface area (Å²) in [5, 5.41) is 61.3. The Balaban J connectivity index is 2.08. The van der Waals surface area contributed by atoms with Crippen LogP contribution in [0.1, 0.15) is 34.7 Å². The highest BCUT2D eigenvalue weighted by atomic mass is 32.2. The molecule has 5 N–H and O–H groups in total. The van der Waals surface area contributed by atoms with Crippen LogP contribution >= 0.6 is 11.8 Å². The fraction of sp³-hybridized carbons (Fsp3) is 0.435. The molecule has 8 heteroatoms. The molecule has 0 aromatic heterocycles. The van der Waals surface area contributed by atoms with Crippen LogP contribution in [0, 0.1) is 11.3 Å². The van der Waals surface area contributed by atoms with E-state index < -0.39 is 36.8 Å². The third kappa shape index (κ3) is 4.49. The van der Waals surface area contributed by atoms with Crippen LogP contribution in [0.25, 0.3) is 0 Å². The highest BCUT2D eigenvalue weighted by Crippen LogP contribution is 2.41. The van der Waals surface area contributed by atoms with E-state index in [1.165, 1.54) is 17.3 Å². The molecule has 5 atom stereocenters. The van der Waals surface area contributed by atoms with Gasteiger partial charge in [-0.05, 0) is 47.9 Å². The molecule has 1 fully saturated rings. The third-order valence-corrected chi connectivity index (χ3v) is 6.50. The number of aryl methyl sites for hydroxylation is 1. The summed E-state index contributed by atoms with van der Waals surface area (Å²) in [5.74, 6) is -2.38. The van der Waals surface area contributed by atoms with Crippen LogP contribution in [0.2, 0.25) is 0 Å². The van der Waals surface area contributed by atoms with Crippen molar-refractivity contribution in [3.8, 4) is 6.07 Å². The van der Waals surface area contributed by atoms with Crippen molar-refractivity contribution < 1.29 is 30.3 Å². The number of nitrogens with zero attached hydrogens (tertiary/aromatic N) is 1. The first-order valence-electron chi connectivity index (χ1n) is 10.0. The Morgan fingerprint density at radius 1 is 1.10 bits per heavy atom. The number of hydrogen-bond donors (Lipinski definition) is 5. The predicted octanol–water partition coefficient (Wildman–Crippen LogP) is 1.05. The molecule has 31 heavy (non-hydrogen) atoms. The van der Waals surface area contributed by atoms with Gasteiger partial charge in [0.05, 0.1) is 18.2 Å². The molecule has 1 aliphatic heterocycles. The van der Waals surface area contributed by atoms with E-state index in [0.29, 0.717) is 22.4 Å². The van der Waals surface area contributed by atoms with E-state index in [0.717, 1.165) is 12.0 Å². The molecular weight excluding hydrogens is 418 g/mol. The van der Waals surface area contributed by atoms with Crippen LogP contribution in [0.15, 0.2) is 41.3 Å². The molecule has 2 aromatic rings. The molecule has 1 heterocycles. The highest BCUT2D eigenvalue weighted by Gasteiger charge is 2.54. The van der Waals surface area contributed by atoms with Gasteiger partial charge < -0.3 is 30.3 Å². The Labute approximate surface area is 185 Å². The largest absolute Gasteiger partial charge is 0.394 e. The van der Waals surface area contributed by atoms with E-state index in [4.69, 9.17) is 4.74 Å². The molecule has 166 valence electrons. The monoisotopic (exact) mass is 445 g/mol. The lowest BCUT2D eigenvalue weighted by Gasteiger charge is -2.46. The SMILES string of the molecule is CCc1ccc(Cc2cc([C@]3(O)O[C@H](CO)[C@@H](O)[C@H](O)[C@H]3O)c(SC)cc2C#N)cc1. The lowest BCUT2D eigenvalue weighted by atomic mass is 9.86. The van der Waals surface area contributed by atoms with Gasteiger partial charge in [-0.1, -0.05) is 31.2 Å². The van der Waals surface area contributed by atoms with Crippen LogP contribution in [0.4, 0.5) is 0 Å². The van der Waals surface area contributed by atoms with Gasteiger partial charge in [0.15, 0.2) is 0 Å². The Hall–Kier alpha value is -1.96. The highest BCUT2D eigenvalue weighted by molar-refractivity contribution is 7.98. The first-order chi connectivity index (χ1) is 14.8. The predicted molar refractivity (Wildman–Crippen MR) is 115 cm³/mol. The molecule has 0 saturated carbocycles. The molecular formula is C23H27NO6S. The number of aliphatic hydroxyl groups excluding tert-OH is 4. The summed E-state index contributed by atoms with van der Waals surface area (Å²) < 4.78 is 5.50. The number of nitriles is 1. The van der Waals surface area contributed by atoms with Gasteiger partial charge in [0.1, 0.15) is 24.4 Å². The first kappa shape index (κ1) is 23.7. The minimum Gasteiger partial charge on any atom is -0.394 e. The van der Waals surface area contributed by atoms with Crippen LogP contribution in [0.5, 0.6) is 0 Å². The van der Waals surface area contributed by atoms with Crippen LogP contribution < -0.4 is 0 Å². The molecule has 1 aliphatic rings. The average Bonchev–Trinajstić information content (AvgIpc) is 2.80. The molecule has 2 aromatic carbocycles. The maximum absolute atomic E-state index is 11.3. The Kier molecular flexibility index (Phi) is 7.39. The normalized spacial score (nSPS) is 28.3. The van der Waals surface area contributed by atoms with E-state index in [2.05, 4.69) is 13.0 Å². The second kappa shape index (κ2) is 9.67. The molecule has 1 saturated heterocycles. The zero-order valence-electron chi connectivity index (χ0n) is 17.4. The molecule has 0 radical (unpaired) electrons. The second-order valence-corrected chi connectivity index (χ2v) is 8.48. The third-order valence-electron chi connectivity index (χ3n) is 5.72. The first-order valence-corrected chi connectivity index (χ1v) is 11.3. The van der Waals surface area contributed by atoms with E-state index in [9.17, 15) is 30.8 Å². The van der Waals surface area contributed by atoms with E-state index in [1.54, 1.807) is 18.4 Å². The summed E-state index contributed by atoms with van der Waals surface area (Å²) in [6.45, 7) is 1.41. The van der Waals surface area contributed by atoms with Crippen molar-refractivity contribution >= 4 is 11.8 Å². The summed E-state index contributed by atoms with van der Waals surface area (Å²) in [4.78, 5) is 0.475. The van der Waals surface area contributed by atoms with Gasteiger partial charge in [-0.3, -0.25) is 0 Å². The zero-order chi connectivity index (χ0) is 22.8. The summed E-state index contributed by atoms with van der Waals surface area (Å²) in [7, 11) is 0. The Bertz CT molecular complexity index is 958. The molecule has 7 nitrogen and oxygen atoms in total. The summed E-state index contributed by atoms with van der Waals surface area (Å²) in [6, 6.07) is 13.4. The molecule has 3 rings (SSSR count). The zero-order valence-corrected chi connectivity index (χ0v) is 18.2. The topological polar surface area (TPSA) is 134 Å². The van der Waals surface area contributed by atoms with Crippen molar-refractivity contribution in [2.45, 2.75) is 54.9 Å². The Morgan fingerprint density at radius 3 is 2.29 bits per heavy atom. The number of benzene rings is 2. The van der Waals surface area contributed by atoms with Crippen LogP contribution in [0.3, 0.4) is 0 Å². The van der Waals surface area contributed by atoms with Crippen molar-refractivity contribution in [3.05, 3.63) is 64.2 Å². The fourth-order valence-electron chi connectivity index (χ4n) is 3.81. The van der Waals surface area contributed by atoms with Crippen molar-refractivity contribution in [2.24, 2.45) is 0 Å². The van der Waals surface area contributed by atoms with Crippen LogP contribution in [-0.4, -0.2) is 62.8 Å². The maximum Gasteiger partial charge on any atom is 0.223 e. The van der Waals surface area contributed by atoms with Gasteiger partial charge in [0.2, 0.25) is 5.79 Å². The second-order valence-electron chi connectivity index (χ2n) is 7.63. The number of hydrogen-bond acceptors (Lipinski definition) is 8. The van der Waals surface area contributed by atoms with E-state index >= 15 is 0 Å². The minimum atomic E-state index is -2.38. The quantitative estimate of drug-likeness (QED) is 0.417. The summed E-state index contributed by atoms with van der Waals surface area (Å²) in [6.07, 6.45) is -3.37. The van der Waals surface area contributed by atoms with E-state index in [1.807, 2.05) is 24.3 Å². The lowest BCUT2D eigenvalue weighted by molar-refractivity contribution is -0.358. The van der Waals surface area contributed by atoms with Gasteiger partial charge in [-0.2, -0.15) is 5.26 Å². The maximum atomic E-state index is 11.3. The van der Waals surface area contributed by atoms with Crippen molar-refractivity contribution in [3.63, 3.8) is 0 Å². The number of aliphatic hydroxyl groups is 5. The Morgan fingerprint density at radius 2 is 1.74 bits per heavy atom. The molecule has 0 spiro atoms. The number of ether oxygens (including phenoxy) is 1. The number of thioether (sulfide) groups is 1. The van der Waals surface area contributed by atoms with Gasteiger partial charge in [-0.15, -0.1) is 11.8 Å².